The second-order valence-corrected chi connectivity index (χ2v) is 8.24. The summed E-state index contributed by atoms with van der Waals surface area (Å²) in [6.45, 7) is 2.22. The van der Waals surface area contributed by atoms with E-state index in [-0.39, 0.29) is 11.3 Å². The number of carboxylic acid groups (broad SMARTS) is 1. The number of nitrogens with zero attached hydrogens (tertiary/aromatic N) is 3. The average molecular weight is 452 g/mol. The van der Waals surface area contributed by atoms with E-state index in [9.17, 15) is 9.90 Å². The van der Waals surface area contributed by atoms with Crippen LogP contribution in [-0.4, -0.2) is 58.7 Å². The second-order valence-electron chi connectivity index (χ2n) is 7.88. The van der Waals surface area contributed by atoms with Crippen LogP contribution in [0.15, 0.2) is 54.6 Å². The molecule has 0 bridgehead atoms. The molecule has 1 N–H and O–H groups in total. The van der Waals surface area contributed by atoms with Crippen LogP contribution in [0.25, 0.3) is 33.1 Å². The van der Waals surface area contributed by atoms with Crippen LogP contribution in [0.3, 0.4) is 0 Å². The standard InChI is InChI=1S/C24H22ClN3O4/c1-31-18-8-9-27(13-18)14-32-17-6-7-21-16(10-17)12-22(28(21)24(29)30)19-11-15-4-2-3-5-20(15)26-23(19)25/h2-7,10-12,18H,8-9,13-14H2,1H3,(H,29,30)/t18-/m1/s1. The van der Waals surface area contributed by atoms with Crippen molar-refractivity contribution in [2.24, 2.45) is 0 Å². The van der Waals surface area contributed by atoms with Gasteiger partial charge in [-0.25, -0.2) is 14.3 Å². The monoisotopic (exact) mass is 451 g/mol. The minimum absolute atomic E-state index is 0.244. The summed E-state index contributed by atoms with van der Waals surface area (Å²) < 4.78 is 12.6. The fraction of sp³-hybridized carbons (Fsp3) is 0.250. The van der Waals surface area contributed by atoms with E-state index in [0.29, 0.717) is 29.3 Å². The largest absolute Gasteiger partial charge is 0.478 e. The number of rotatable bonds is 5. The van der Waals surface area contributed by atoms with Crippen LogP contribution in [0.1, 0.15) is 6.42 Å². The van der Waals surface area contributed by atoms with Crippen molar-refractivity contribution in [3.05, 3.63) is 59.8 Å². The van der Waals surface area contributed by atoms with Gasteiger partial charge in [0.25, 0.3) is 0 Å². The Morgan fingerprint density at radius 1 is 1.19 bits per heavy atom. The highest BCUT2D eigenvalue weighted by molar-refractivity contribution is 6.32. The molecule has 32 heavy (non-hydrogen) atoms. The van der Waals surface area contributed by atoms with Crippen molar-refractivity contribution in [1.29, 1.82) is 0 Å². The molecular weight excluding hydrogens is 430 g/mol. The smallest absolute Gasteiger partial charge is 0.416 e. The molecule has 5 rings (SSSR count). The zero-order chi connectivity index (χ0) is 22.2. The number of para-hydroxylation sites is 1. The third kappa shape index (κ3) is 3.79. The SMILES string of the molecule is CO[C@@H]1CCN(COc2ccc3c(c2)cc(-c2cc4ccccc4nc2Cl)n3C(=O)O)C1. The topological polar surface area (TPSA) is 76.8 Å². The summed E-state index contributed by atoms with van der Waals surface area (Å²) in [5.41, 5.74) is 2.35. The van der Waals surface area contributed by atoms with E-state index in [1.807, 2.05) is 42.5 Å². The Morgan fingerprint density at radius 2 is 2.03 bits per heavy atom. The first kappa shape index (κ1) is 20.8. The van der Waals surface area contributed by atoms with Gasteiger partial charge >= 0.3 is 6.09 Å². The number of hydrogen-bond donors (Lipinski definition) is 1. The van der Waals surface area contributed by atoms with Crippen LogP contribution in [0.2, 0.25) is 5.15 Å². The number of benzene rings is 2. The summed E-state index contributed by atoms with van der Waals surface area (Å²) in [7, 11) is 1.73. The number of hydrogen-bond acceptors (Lipinski definition) is 5. The van der Waals surface area contributed by atoms with Crippen LogP contribution in [0.5, 0.6) is 5.75 Å². The maximum atomic E-state index is 12.1. The van der Waals surface area contributed by atoms with Crippen molar-refractivity contribution >= 4 is 39.5 Å². The van der Waals surface area contributed by atoms with Crippen LogP contribution < -0.4 is 4.74 Å². The predicted molar refractivity (Wildman–Crippen MR) is 124 cm³/mol. The Hall–Kier alpha value is -3.13. The molecule has 0 saturated carbocycles. The van der Waals surface area contributed by atoms with E-state index < -0.39 is 6.09 Å². The van der Waals surface area contributed by atoms with Crippen molar-refractivity contribution in [3.63, 3.8) is 0 Å². The highest BCUT2D eigenvalue weighted by Gasteiger charge is 2.23. The first-order valence-electron chi connectivity index (χ1n) is 10.4. The molecule has 1 aliphatic rings. The number of aromatic nitrogens is 2. The third-order valence-electron chi connectivity index (χ3n) is 5.89. The summed E-state index contributed by atoms with van der Waals surface area (Å²) in [6, 6.07) is 16.7. The van der Waals surface area contributed by atoms with E-state index in [1.54, 1.807) is 19.2 Å². The number of likely N-dealkylation sites (tertiary alicyclic amines) is 1. The molecular formula is C24H22ClN3O4. The molecule has 2 aromatic carbocycles. The van der Waals surface area contributed by atoms with Crippen molar-refractivity contribution in [2.75, 3.05) is 26.9 Å². The van der Waals surface area contributed by atoms with Crippen molar-refractivity contribution in [3.8, 4) is 17.0 Å². The first-order chi connectivity index (χ1) is 15.5. The van der Waals surface area contributed by atoms with E-state index in [1.165, 1.54) is 4.57 Å². The molecule has 1 saturated heterocycles. The molecule has 1 fully saturated rings. The fourth-order valence-electron chi connectivity index (χ4n) is 4.23. The van der Waals surface area contributed by atoms with Gasteiger partial charge in [-0.15, -0.1) is 0 Å². The Balaban J connectivity index is 1.50. The van der Waals surface area contributed by atoms with E-state index in [0.717, 1.165) is 35.8 Å². The molecule has 0 spiro atoms. The molecule has 0 amide bonds. The lowest BCUT2D eigenvalue weighted by atomic mass is 10.1. The van der Waals surface area contributed by atoms with Gasteiger partial charge in [-0.05, 0) is 42.8 Å². The Morgan fingerprint density at radius 3 is 2.81 bits per heavy atom. The van der Waals surface area contributed by atoms with E-state index >= 15 is 0 Å². The molecule has 0 unspecified atom stereocenters. The molecule has 7 nitrogen and oxygen atoms in total. The maximum Gasteiger partial charge on any atom is 0.416 e. The number of ether oxygens (including phenoxy) is 2. The zero-order valence-corrected chi connectivity index (χ0v) is 18.2. The van der Waals surface area contributed by atoms with Gasteiger partial charge in [0.15, 0.2) is 0 Å². The van der Waals surface area contributed by atoms with Crippen LogP contribution >= 0.6 is 11.6 Å². The molecule has 0 aliphatic carbocycles. The van der Waals surface area contributed by atoms with Gasteiger partial charge in [-0.3, -0.25) is 4.90 Å². The highest BCUT2D eigenvalue weighted by Crippen LogP contribution is 2.35. The molecule has 3 heterocycles. The van der Waals surface area contributed by atoms with E-state index in [2.05, 4.69) is 9.88 Å². The van der Waals surface area contributed by atoms with Gasteiger partial charge < -0.3 is 14.6 Å². The third-order valence-corrected chi connectivity index (χ3v) is 6.18. The number of halogens is 1. The maximum absolute atomic E-state index is 12.1. The van der Waals surface area contributed by atoms with Crippen molar-refractivity contribution in [2.45, 2.75) is 12.5 Å². The number of fused-ring (bicyclic) bond motifs is 2. The molecule has 164 valence electrons. The quantitative estimate of drug-likeness (QED) is 0.426. The Bertz CT molecular complexity index is 1320. The lowest BCUT2D eigenvalue weighted by molar-refractivity contribution is 0.0892. The summed E-state index contributed by atoms with van der Waals surface area (Å²) in [5.74, 6) is 0.676. The molecule has 1 aliphatic heterocycles. The lowest BCUT2D eigenvalue weighted by Crippen LogP contribution is -2.27. The molecule has 2 aromatic heterocycles. The van der Waals surface area contributed by atoms with Gasteiger partial charge in [-0.1, -0.05) is 29.8 Å². The summed E-state index contributed by atoms with van der Waals surface area (Å²) >= 11 is 6.46. The number of methoxy groups -OCH3 is 1. The fourth-order valence-corrected chi connectivity index (χ4v) is 4.47. The number of carbonyl (C=O) groups is 1. The summed E-state index contributed by atoms with van der Waals surface area (Å²) in [4.78, 5) is 18.8. The first-order valence-corrected chi connectivity index (χ1v) is 10.7. The number of pyridine rings is 1. The van der Waals surface area contributed by atoms with Crippen LogP contribution in [-0.2, 0) is 4.74 Å². The lowest BCUT2D eigenvalue weighted by Gasteiger charge is -2.16. The molecule has 0 radical (unpaired) electrons. The van der Waals surface area contributed by atoms with Gasteiger partial charge in [0, 0.05) is 36.5 Å². The Kier molecular flexibility index (Phi) is 5.46. The zero-order valence-electron chi connectivity index (χ0n) is 17.5. The second kappa shape index (κ2) is 8.43. The van der Waals surface area contributed by atoms with Gasteiger partial charge in [0.2, 0.25) is 0 Å². The summed E-state index contributed by atoms with van der Waals surface area (Å²) in [6.07, 6.45) is 0.147. The normalized spacial score (nSPS) is 16.8. The summed E-state index contributed by atoms with van der Waals surface area (Å²) in [5, 5.41) is 11.8. The van der Waals surface area contributed by atoms with E-state index in [4.69, 9.17) is 21.1 Å². The van der Waals surface area contributed by atoms with Gasteiger partial charge in [0.05, 0.1) is 22.8 Å². The highest BCUT2D eigenvalue weighted by atomic mass is 35.5. The average Bonchev–Trinajstić information content (AvgIpc) is 3.41. The van der Waals surface area contributed by atoms with Gasteiger partial charge in [0.1, 0.15) is 17.6 Å². The minimum Gasteiger partial charge on any atom is -0.478 e. The van der Waals surface area contributed by atoms with Gasteiger partial charge in [-0.2, -0.15) is 0 Å². The van der Waals surface area contributed by atoms with Crippen LogP contribution in [0, 0.1) is 0 Å². The molecule has 1 atom stereocenters. The van der Waals surface area contributed by atoms with Crippen molar-refractivity contribution < 1.29 is 19.4 Å². The Labute approximate surface area is 189 Å². The predicted octanol–water partition coefficient (Wildman–Crippen LogP) is 5.09. The molecule has 4 aromatic rings. The van der Waals surface area contributed by atoms with Crippen molar-refractivity contribution in [1.82, 2.24) is 14.5 Å². The molecule has 8 heteroatoms. The van der Waals surface area contributed by atoms with Crippen LogP contribution in [0.4, 0.5) is 4.79 Å². The minimum atomic E-state index is -1.09.